The lowest BCUT2D eigenvalue weighted by Gasteiger charge is -2.25. The van der Waals surface area contributed by atoms with Crippen LogP contribution >= 0.6 is 0 Å². The maximum absolute atomic E-state index is 13.9. The summed E-state index contributed by atoms with van der Waals surface area (Å²) in [7, 11) is 0. The second-order valence-corrected chi connectivity index (χ2v) is 12.4. The van der Waals surface area contributed by atoms with Crippen LogP contribution in [0.2, 0.25) is 0 Å². The average Bonchev–Trinajstić information content (AvgIpc) is 3.71. The van der Waals surface area contributed by atoms with E-state index in [0.717, 1.165) is 32.9 Å². The number of hydrogen-bond donors (Lipinski definition) is 9. The Morgan fingerprint density at radius 2 is 1.20 bits per heavy atom. The van der Waals surface area contributed by atoms with Crippen molar-refractivity contribution in [3.05, 3.63) is 102 Å². The Bertz CT molecular complexity index is 1940. The summed E-state index contributed by atoms with van der Waals surface area (Å²) >= 11 is 0. The molecule has 5 aromatic rings. The number of aromatic hydroxyl groups is 1. The number of rotatable bonds is 17. The van der Waals surface area contributed by atoms with Gasteiger partial charge in [0.25, 0.3) is 0 Å². The molecular weight excluding hydrogens is 638 g/mol. The quantitative estimate of drug-likeness (QED) is 0.0660. The Labute approximate surface area is 288 Å². The van der Waals surface area contributed by atoms with Gasteiger partial charge in [0.05, 0.1) is 6.04 Å². The number of carbonyl (C=O) groups is 4. The van der Waals surface area contributed by atoms with Crippen molar-refractivity contribution in [2.75, 3.05) is 6.54 Å². The fraction of sp³-hybridized carbons (Fsp3) is 0.297. The normalized spacial score (nSPS) is 13.7. The van der Waals surface area contributed by atoms with Gasteiger partial charge in [-0.15, -0.1) is 0 Å². The highest BCUT2D eigenvalue weighted by atomic mass is 16.4. The van der Waals surface area contributed by atoms with E-state index >= 15 is 0 Å². The van der Waals surface area contributed by atoms with Crippen LogP contribution in [0.15, 0.2) is 85.2 Å². The maximum Gasteiger partial charge on any atom is 0.326 e. The Hall–Kier alpha value is -5.66. The van der Waals surface area contributed by atoms with E-state index < -0.39 is 47.9 Å². The standard InChI is InChI=1S/C37H43N7O6/c38-16-6-5-11-31(42-34(46)28(39)18-23-20-40-29-9-3-1-7-26(23)29)35(47)43-32(19-24-21-41-30-10-4-2-8-27(24)30)36(48)44-33(37(49)50)17-22-12-14-25(45)15-13-22/h1-4,7-10,12-15,20-21,28,31-33,40-41,45H,5-6,11,16-19,38-39H2,(H,42,46)(H,43,47)(H,44,48)(H,49,50). The fourth-order valence-corrected chi connectivity index (χ4v) is 6.01. The number of benzene rings is 3. The van der Waals surface area contributed by atoms with E-state index in [1.54, 1.807) is 18.3 Å². The molecule has 13 nitrogen and oxygen atoms in total. The summed E-state index contributed by atoms with van der Waals surface area (Å²) in [4.78, 5) is 59.7. The highest BCUT2D eigenvalue weighted by Crippen LogP contribution is 2.21. The molecule has 0 aliphatic heterocycles. The molecule has 0 saturated carbocycles. The predicted molar refractivity (Wildman–Crippen MR) is 190 cm³/mol. The zero-order valence-electron chi connectivity index (χ0n) is 27.5. The molecule has 0 aliphatic rings. The van der Waals surface area contributed by atoms with Crippen molar-refractivity contribution in [3.63, 3.8) is 0 Å². The minimum atomic E-state index is -1.32. The summed E-state index contributed by atoms with van der Waals surface area (Å²) in [5.41, 5.74) is 16.0. The molecule has 0 bridgehead atoms. The first-order chi connectivity index (χ1) is 24.1. The number of hydrogen-bond acceptors (Lipinski definition) is 7. The third-order valence-electron chi connectivity index (χ3n) is 8.75. The number of nitrogens with two attached hydrogens (primary N) is 2. The van der Waals surface area contributed by atoms with Gasteiger partial charge in [-0.05, 0) is 73.2 Å². The highest BCUT2D eigenvalue weighted by molar-refractivity contribution is 5.95. The van der Waals surface area contributed by atoms with Crippen LogP contribution in [0, 0.1) is 0 Å². The van der Waals surface area contributed by atoms with Gasteiger partial charge in [-0.3, -0.25) is 14.4 Å². The molecule has 5 rings (SSSR count). The van der Waals surface area contributed by atoms with Crippen molar-refractivity contribution in [2.24, 2.45) is 11.5 Å². The molecule has 0 radical (unpaired) electrons. The predicted octanol–water partition coefficient (Wildman–Crippen LogP) is 2.38. The number of H-pyrrole nitrogens is 2. The van der Waals surface area contributed by atoms with Crippen molar-refractivity contribution in [3.8, 4) is 5.75 Å². The van der Waals surface area contributed by atoms with Gasteiger partial charge in [-0.25, -0.2) is 4.79 Å². The Morgan fingerprint density at radius 1 is 0.660 bits per heavy atom. The molecule has 13 heteroatoms. The molecule has 2 aromatic heterocycles. The fourth-order valence-electron chi connectivity index (χ4n) is 6.01. The van der Waals surface area contributed by atoms with Crippen LogP contribution in [-0.4, -0.2) is 74.6 Å². The molecule has 3 amide bonds. The van der Waals surface area contributed by atoms with Crippen molar-refractivity contribution >= 4 is 45.5 Å². The molecule has 262 valence electrons. The maximum atomic E-state index is 13.9. The number of unbranched alkanes of at least 4 members (excludes halogenated alkanes) is 1. The van der Waals surface area contributed by atoms with Gasteiger partial charge >= 0.3 is 5.97 Å². The second-order valence-electron chi connectivity index (χ2n) is 12.4. The molecule has 50 heavy (non-hydrogen) atoms. The molecule has 0 fully saturated rings. The number of nitrogens with one attached hydrogen (secondary N) is 5. The van der Waals surface area contributed by atoms with Crippen LogP contribution in [0.1, 0.15) is 36.0 Å². The van der Waals surface area contributed by atoms with Crippen LogP contribution in [-0.2, 0) is 38.4 Å². The van der Waals surface area contributed by atoms with Gasteiger partial charge in [0.1, 0.15) is 23.9 Å². The van der Waals surface area contributed by atoms with Crippen LogP contribution in [0.3, 0.4) is 0 Å². The molecule has 0 saturated heterocycles. The van der Waals surface area contributed by atoms with Crippen molar-refractivity contribution in [1.82, 2.24) is 25.9 Å². The number of carboxylic acid groups (broad SMARTS) is 1. The van der Waals surface area contributed by atoms with Crippen LogP contribution in [0.4, 0.5) is 0 Å². The summed E-state index contributed by atoms with van der Waals surface area (Å²) < 4.78 is 0. The van der Waals surface area contributed by atoms with Gasteiger partial charge in [0.15, 0.2) is 0 Å². The summed E-state index contributed by atoms with van der Waals surface area (Å²) in [6.07, 6.45) is 5.15. The number of amides is 3. The first-order valence-corrected chi connectivity index (χ1v) is 16.6. The van der Waals surface area contributed by atoms with Crippen LogP contribution in [0.5, 0.6) is 5.75 Å². The molecule has 0 aliphatic carbocycles. The number of phenols is 1. The van der Waals surface area contributed by atoms with Gasteiger partial charge in [-0.2, -0.15) is 0 Å². The molecular formula is C37H43N7O6. The highest BCUT2D eigenvalue weighted by Gasteiger charge is 2.31. The number of aromatic nitrogens is 2. The number of fused-ring (bicyclic) bond motifs is 2. The molecule has 4 atom stereocenters. The van der Waals surface area contributed by atoms with E-state index in [1.807, 2.05) is 54.7 Å². The van der Waals surface area contributed by atoms with Gasteiger partial charge in [0, 0.05) is 47.0 Å². The number of para-hydroxylation sites is 2. The van der Waals surface area contributed by atoms with Gasteiger partial charge < -0.3 is 47.6 Å². The Balaban J connectivity index is 1.34. The molecule has 3 aromatic carbocycles. The number of carboxylic acids is 1. The SMILES string of the molecule is NCCCCC(NC(=O)C(N)Cc1c[nH]c2ccccc12)C(=O)NC(Cc1c[nH]c2ccccc12)C(=O)NC(Cc1ccc(O)cc1)C(=O)O. The third kappa shape index (κ3) is 9.07. The summed E-state index contributed by atoms with van der Waals surface area (Å²) in [5, 5.41) is 29.6. The lowest BCUT2D eigenvalue weighted by molar-refractivity contribution is -0.142. The van der Waals surface area contributed by atoms with Crippen molar-refractivity contribution in [1.29, 1.82) is 0 Å². The van der Waals surface area contributed by atoms with Crippen LogP contribution in [0.25, 0.3) is 21.8 Å². The largest absolute Gasteiger partial charge is 0.508 e. The smallest absolute Gasteiger partial charge is 0.326 e. The first-order valence-electron chi connectivity index (χ1n) is 16.6. The molecule has 0 spiro atoms. The monoisotopic (exact) mass is 681 g/mol. The van der Waals surface area contributed by atoms with E-state index in [9.17, 15) is 29.4 Å². The van der Waals surface area contributed by atoms with E-state index in [0.29, 0.717) is 24.9 Å². The van der Waals surface area contributed by atoms with E-state index in [1.165, 1.54) is 12.1 Å². The molecule has 11 N–H and O–H groups in total. The minimum Gasteiger partial charge on any atom is -0.508 e. The van der Waals surface area contributed by atoms with Gasteiger partial charge in [-0.1, -0.05) is 48.5 Å². The molecule has 4 unspecified atom stereocenters. The van der Waals surface area contributed by atoms with E-state index in [2.05, 4.69) is 25.9 Å². The second kappa shape index (κ2) is 16.6. The Kier molecular flexibility index (Phi) is 11.9. The first kappa shape index (κ1) is 35.6. The van der Waals surface area contributed by atoms with Crippen LogP contribution < -0.4 is 27.4 Å². The zero-order valence-corrected chi connectivity index (χ0v) is 27.5. The van der Waals surface area contributed by atoms with Crippen molar-refractivity contribution < 1.29 is 29.4 Å². The minimum absolute atomic E-state index is 0.0261. The van der Waals surface area contributed by atoms with E-state index in [-0.39, 0.29) is 31.4 Å². The van der Waals surface area contributed by atoms with Gasteiger partial charge in [0.2, 0.25) is 17.7 Å². The zero-order chi connectivity index (χ0) is 35.6. The van der Waals surface area contributed by atoms with E-state index in [4.69, 9.17) is 11.5 Å². The number of aromatic amines is 2. The lowest BCUT2D eigenvalue weighted by Crippen LogP contribution is -2.58. The number of phenolic OH excluding ortho intramolecular Hbond substituents is 1. The summed E-state index contributed by atoms with van der Waals surface area (Å²) in [6.45, 7) is 0.394. The number of aliphatic carboxylic acids is 1. The average molecular weight is 682 g/mol. The molecule has 2 heterocycles. The Morgan fingerprint density at radius 3 is 1.80 bits per heavy atom. The van der Waals surface area contributed by atoms with Crippen molar-refractivity contribution in [2.45, 2.75) is 62.7 Å². The lowest BCUT2D eigenvalue weighted by atomic mass is 10.0. The number of carbonyl (C=O) groups excluding carboxylic acids is 3. The summed E-state index contributed by atoms with van der Waals surface area (Å²) in [5.74, 6) is -3.09. The summed E-state index contributed by atoms with van der Waals surface area (Å²) in [6, 6.07) is 16.7. The topological polar surface area (TPSA) is 228 Å². The third-order valence-corrected chi connectivity index (χ3v) is 8.75.